The van der Waals surface area contributed by atoms with Crippen LogP contribution in [0, 0.1) is 0 Å². The number of alkyl carbamates (subject to hydrolysis) is 1. The number of hydrogen-bond acceptors (Lipinski definition) is 7. The van der Waals surface area contributed by atoms with Crippen LogP contribution < -0.4 is 10.6 Å². The lowest BCUT2D eigenvalue weighted by Gasteiger charge is -2.49. The van der Waals surface area contributed by atoms with Gasteiger partial charge < -0.3 is 20.1 Å². The van der Waals surface area contributed by atoms with Crippen molar-refractivity contribution in [3.8, 4) is 0 Å². The average molecular weight is 654 g/mol. The first-order chi connectivity index (χ1) is 17.2. The molecule has 3 amide bonds. The van der Waals surface area contributed by atoms with E-state index in [1.165, 1.54) is 16.7 Å². The van der Waals surface area contributed by atoms with Crippen LogP contribution in [0.2, 0.25) is 0 Å². The Morgan fingerprint density at radius 3 is 2.24 bits per heavy atom. The minimum Gasteiger partial charge on any atom is -0.456 e. The Bertz CT molecular complexity index is 1090. The highest BCUT2D eigenvalue weighted by Gasteiger charge is 2.54. The predicted octanol–water partition coefficient (Wildman–Crippen LogP) is 4.41. The molecule has 0 aliphatic carbocycles. The number of alkyl halides is 6. The lowest BCUT2D eigenvalue weighted by molar-refractivity contribution is -0.153. The molecule has 3 atom stereocenters. The van der Waals surface area contributed by atoms with Gasteiger partial charge in [0.2, 0.25) is 13.5 Å². The average Bonchev–Trinajstić information content (AvgIpc) is 2.82. The quantitative estimate of drug-likeness (QED) is 0.255. The third-order valence-electron chi connectivity index (χ3n) is 5.04. The molecule has 2 N–H and O–H groups in total. The van der Waals surface area contributed by atoms with E-state index in [2.05, 4.69) is 10.6 Å². The van der Waals surface area contributed by atoms with Crippen LogP contribution in [0.5, 0.6) is 0 Å². The summed E-state index contributed by atoms with van der Waals surface area (Å²) in [6, 6.07) is 6.06. The Kier molecular flexibility index (Phi) is 10.0. The van der Waals surface area contributed by atoms with Gasteiger partial charge in [-0.15, -0.1) is 11.8 Å². The summed E-state index contributed by atoms with van der Waals surface area (Å²) in [5.41, 5.74) is 1.04. The van der Waals surface area contributed by atoms with Crippen LogP contribution in [0.25, 0.3) is 0 Å². The maximum atomic E-state index is 13.2. The summed E-state index contributed by atoms with van der Waals surface area (Å²) >= 11 is 35.1. The zero-order valence-corrected chi connectivity index (χ0v) is 24.2. The summed E-state index contributed by atoms with van der Waals surface area (Å²) < 4.78 is 6.26. The van der Waals surface area contributed by atoms with Crippen LogP contribution in [-0.2, 0) is 23.9 Å². The molecule has 9 nitrogen and oxygen atoms in total. The van der Waals surface area contributed by atoms with Gasteiger partial charge in [0.25, 0.3) is 5.91 Å². The van der Waals surface area contributed by atoms with Crippen molar-refractivity contribution in [1.82, 2.24) is 15.5 Å². The van der Waals surface area contributed by atoms with Crippen molar-refractivity contribution in [1.29, 1.82) is 0 Å². The summed E-state index contributed by atoms with van der Waals surface area (Å²) in [4.78, 5) is 52.4. The topological polar surface area (TPSA) is 114 Å². The Hall–Kier alpha value is -1.27. The molecule has 3 rings (SSSR count). The maximum absolute atomic E-state index is 13.2. The number of rotatable bonds is 7. The number of β-lactam (4-membered cyclic amide) rings is 1. The molecular formula is C21H19Cl6N3O6S. The molecule has 1 aromatic carbocycles. The second-order valence-electron chi connectivity index (χ2n) is 7.90. The first-order valence-corrected chi connectivity index (χ1v) is 13.7. The van der Waals surface area contributed by atoms with Crippen LogP contribution in [0.15, 0.2) is 41.6 Å². The van der Waals surface area contributed by atoms with Crippen LogP contribution in [0.3, 0.4) is 0 Å². The number of esters is 1. The number of halogens is 6. The zero-order valence-electron chi connectivity index (χ0n) is 18.8. The Labute approximate surface area is 246 Å². The summed E-state index contributed by atoms with van der Waals surface area (Å²) in [5.74, 6) is -1.67. The Morgan fingerprint density at radius 1 is 1.05 bits per heavy atom. The molecule has 37 heavy (non-hydrogen) atoms. The van der Waals surface area contributed by atoms with E-state index < -0.39 is 62.1 Å². The molecule has 2 aliphatic heterocycles. The molecule has 16 heteroatoms. The molecule has 2 aliphatic rings. The number of fused-ring (bicyclic) bond motifs is 1. The molecule has 0 radical (unpaired) electrons. The monoisotopic (exact) mass is 651 g/mol. The van der Waals surface area contributed by atoms with Gasteiger partial charge in [0.05, 0.1) is 0 Å². The summed E-state index contributed by atoms with van der Waals surface area (Å²) in [5, 5.41) is 4.45. The van der Waals surface area contributed by atoms with Gasteiger partial charge in [-0.1, -0.05) is 99.9 Å². The minimum absolute atomic E-state index is 0.0292. The second-order valence-corrected chi connectivity index (χ2v) is 14.0. The number of carbonyl (C=O) groups excluding carboxylic acids is 4. The van der Waals surface area contributed by atoms with Crippen LogP contribution in [0.1, 0.15) is 18.5 Å². The molecular weight excluding hydrogens is 635 g/mol. The summed E-state index contributed by atoms with van der Waals surface area (Å²) in [7, 11) is 0. The third-order valence-corrected chi connectivity index (χ3v) is 7.12. The number of nitrogens with zero attached hydrogens (tertiary/aromatic N) is 1. The van der Waals surface area contributed by atoms with Gasteiger partial charge in [0.15, 0.2) is 0 Å². The number of ether oxygens (including phenoxy) is 2. The van der Waals surface area contributed by atoms with E-state index in [9.17, 15) is 19.2 Å². The number of nitrogens with one attached hydrogen (secondary N) is 2. The van der Waals surface area contributed by atoms with Crippen molar-refractivity contribution < 1.29 is 28.7 Å². The number of hydrogen-bond donors (Lipinski definition) is 2. The van der Waals surface area contributed by atoms with E-state index in [0.717, 1.165) is 0 Å². The van der Waals surface area contributed by atoms with E-state index in [1.807, 2.05) is 0 Å². The molecule has 0 bridgehead atoms. The lowest BCUT2D eigenvalue weighted by atomic mass is 10.0. The van der Waals surface area contributed by atoms with Crippen molar-refractivity contribution in [3.05, 3.63) is 47.2 Å². The van der Waals surface area contributed by atoms with Gasteiger partial charge in [0.1, 0.15) is 36.4 Å². The molecule has 1 fully saturated rings. The molecule has 2 heterocycles. The van der Waals surface area contributed by atoms with Gasteiger partial charge in [0, 0.05) is 5.75 Å². The van der Waals surface area contributed by atoms with Crippen LogP contribution in [-0.4, -0.2) is 66.7 Å². The van der Waals surface area contributed by atoms with E-state index in [4.69, 9.17) is 79.1 Å². The van der Waals surface area contributed by atoms with E-state index >= 15 is 0 Å². The Morgan fingerprint density at radius 2 is 1.65 bits per heavy atom. The fourth-order valence-electron chi connectivity index (χ4n) is 3.47. The van der Waals surface area contributed by atoms with Crippen LogP contribution in [0.4, 0.5) is 4.79 Å². The highest BCUT2D eigenvalue weighted by atomic mass is 35.6. The molecule has 0 saturated carbocycles. The van der Waals surface area contributed by atoms with Crippen molar-refractivity contribution in [2.75, 3.05) is 19.0 Å². The molecule has 1 saturated heterocycles. The first-order valence-electron chi connectivity index (χ1n) is 10.4. The Balaban J connectivity index is 1.72. The van der Waals surface area contributed by atoms with Crippen molar-refractivity contribution >= 4 is 105 Å². The number of carbonyl (C=O) groups is 4. The summed E-state index contributed by atoms with van der Waals surface area (Å²) in [6.45, 7) is 0.614. The maximum Gasteiger partial charge on any atom is 0.408 e. The second kappa shape index (κ2) is 12.3. The molecule has 1 aromatic rings. The largest absolute Gasteiger partial charge is 0.456 e. The van der Waals surface area contributed by atoms with E-state index in [0.29, 0.717) is 16.9 Å². The fourth-order valence-corrected chi connectivity index (χ4v) is 5.09. The van der Waals surface area contributed by atoms with Gasteiger partial charge in [-0.05, 0) is 18.1 Å². The fraction of sp³-hybridized carbons (Fsp3) is 0.429. The van der Waals surface area contributed by atoms with Crippen LogP contribution >= 0.6 is 81.4 Å². The number of benzene rings is 1. The van der Waals surface area contributed by atoms with Crippen molar-refractivity contribution in [3.63, 3.8) is 0 Å². The zero-order chi connectivity index (χ0) is 27.5. The van der Waals surface area contributed by atoms with Crippen molar-refractivity contribution in [2.24, 2.45) is 0 Å². The normalized spacial score (nSPS) is 20.4. The number of thioether (sulfide) groups is 1. The van der Waals surface area contributed by atoms with Gasteiger partial charge >= 0.3 is 12.1 Å². The van der Waals surface area contributed by atoms with E-state index in [1.54, 1.807) is 37.3 Å². The molecule has 2 unspecified atom stereocenters. The standard InChI is InChI=1S/C21H19Cl6N3O6S/c1-10-7-37-17-13(16(32)30(17)14(10)18(33)35-8-20(22,23)24)28-15(31)12(11-5-3-2-4-6-11)29-19(34)36-9-21(25,26)27/h2-6,12-13,17H,7-9H2,1H3,(H,28,31)(H,29,34)/t12?,13?,17-/m1/s1. The smallest absolute Gasteiger partial charge is 0.408 e. The van der Waals surface area contributed by atoms with Gasteiger partial charge in [-0.3, -0.25) is 14.5 Å². The summed E-state index contributed by atoms with van der Waals surface area (Å²) in [6.07, 6.45) is -1.01. The van der Waals surface area contributed by atoms with Crippen molar-refractivity contribution in [2.45, 2.75) is 32.0 Å². The highest BCUT2D eigenvalue weighted by Crippen LogP contribution is 2.41. The molecule has 202 valence electrons. The number of amides is 3. The molecule has 0 aromatic heterocycles. The molecule has 0 spiro atoms. The SMILES string of the molecule is CC1=C(C(=O)OCC(Cl)(Cl)Cl)N2C(=O)C(NC(=O)C(NC(=O)OCC(Cl)(Cl)Cl)c3ccccc3)[C@H]2SC1. The minimum atomic E-state index is -1.84. The third kappa shape index (κ3) is 8.11. The predicted molar refractivity (Wildman–Crippen MR) is 143 cm³/mol. The highest BCUT2D eigenvalue weighted by molar-refractivity contribution is 8.00. The van der Waals surface area contributed by atoms with Gasteiger partial charge in [-0.25, -0.2) is 9.59 Å². The first kappa shape index (κ1) is 30.3. The lowest BCUT2D eigenvalue weighted by Crippen LogP contribution is -2.71. The van der Waals surface area contributed by atoms with Gasteiger partial charge in [-0.2, -0.15) is 0 Å². The van der Waals surface area contributed by atoms with E-state index in [-0.39, 0.29) is 5.70 Å².